The molecular weight excluding hydrogens is 275 g/mol. The molecule has 0 N–H and O–H groups in total. The Balaban J connectivity index is 3.27. The lowest BCUT2D eigenvalue weighted by atomic mass is 10.3. The summed E-state index contributed by atoms with van der Waals surface area (Å²) in [6.07, 6.45) is -1.62. The summed E-state index contributed by atoms with van der Waals surface area (Å²) in [6.45, 7) is 0. The third kappa shape index (κ3) is 1.87. The molecule has 0 aromatic carbocycles. The molecule has 0 bridgehead atoms. The molecule has 0 saturated carbocycles. The Hall–Kier alpha value is 0.0700. The van der Waals surface area contributed by atoms with E-state index in [9.17, 15) is 8.78 Å². The van der Waals surface area contributed by atoms with Crippen molar-refractivity contribution in [3.8, 4) is 0 Å². The van der Waals surface area contributed by atoms with E-state index in [2.05, 4.69) is 20.9 Å². The van der Waals surface area contributed by atoms with Gasteiger partial charge in [0.25, 0.3) is 6.43 Å². The van der Waals surface area contributed by atoms with Gasteiger partial charge in [-0.3, -0.25) is 0 Å². The predicted molar refractivity (Wildman–Crippen MR) is 46.9 cm³/mol. The number of nitrogens with zero attached hydrogens (tertiary/aromatic N) is 1. The zero-order chi connectivity index (χ0) is 9.30. The lowest BCUT2D eigenvalue weighted by Gasteiger charge is -2.04. The van der Waals surface area contributed by atoms with E-state index in [1.54, 1.807) is 0 Å². The van der Waals surface area contributed by atoms with E-state index in [-0.39, 0.29) is 20.2 Å². The van der Waals surface area contributed by atoms with Crippen LogP contribution in [0.15, 0.2) is 10.7 Å². The fraction of sp³-hybridized carbons (Fsp3) is 0.167. The Morgan fingerprint density at radius 2 is 2.00 bits per heavy atom. The molecule has 0 aliphatic rings. The molecule has 0 fully saturated rings. The van der Waals surface area contributed by atoms with Crippen molar-refractivity contribution in [2.75, 3.05) is 0 Å². The minimum absolute atomic E-state index is 0.00735. The average Bonchev–Trinajstić information content (AvgIpc) is 2.00. The minimum Gasteiger partial charge on any atom is -0.242 e. The highest BCUT2D eigenvalue weighted by molar-refractivity contribution is 9.10. The molecule has 6 heteroatoms. The Morgan fingerprint density at radius 3 is 2.50 bits per heavy atom. The van der Waals surface area contributed by atoms with E-state index in [0.717, 1.165) is 6.20 Å². The lowest BCUT2D eigenvalue weighted by molar-refractivity contribution is 0.150. The van der Waals surface area contributed by atoms with Gasteiger partial charge in [-0.15, -0.1) is 0 Å². The number of hydrogen-bond donors (Lipinski definition) is 0. The van der Waals surface area contributed by atoms with E-state index in [0.29, 0.717) is 0 Å². The molecule has 1 aromatic heterocycles. The Bertz CT molecular complexity index is 306. The van der Waals surface area contributed by atoms with Gasteiger partial charge in [0.2, 0.25) is 0 Å². The van der Waals surface area contributed by atoms with Gasteiger partial charge >= 0.3 is 0 Å². The minimum atomic E-state index is -2.61. The molecule has 0 atom stereocenters. The van der Waals surface area contributed by atoms with Crippen LogP contribution in [0.25, 0.3) is 0 Å². The Labute approximate surface area is 85.8 Å². The van der Waals surface area contributed by atoms with Gasteiger partial charge in [0, 0.05) is 10.7 Å². The van der Waals surface area contributed by atoms with Gasteiger partial charge in [0.1, 0.15) is 5.15 Å². The average molecular weight is 277 g/mol. The summed E-state index contributed by atoms with van der Waals surface area (Å²) in [6, 6.07) is 0. The van der Waals surface area contributed by atoms with Crippen LogP contribution in [0, 0.1) is 0 Å². The monoisotopic (exact) mass is 275 g/mol. The van der Waals surface area contributed by atoms with Crippen LogP contribution < -0.4 is 0 Å². The second-order valence-corrected chi connectivity index (χ2v) is 3.46. The van der Waals surface area contributed by atoms with E-state index in [1.165, 1.54) is 0 Å². The van der Waals surface area contributed by atoms with Gasteiger partial charge in [-0.2, -0.15) is 0 Å². The van der Waals surface area contributed by atoms with Crippen molar-refractivity contribution in [2.24, 2.45) is 0 Å². The molecule has 0 saturated heterocycles. The van der Waals surface area contributed by atoms with Gasteiger partial charge in [0.05, 0.1) is 10.6 Å². The molecule has 0 aliphatic carbocycles. The van der Waals surface area contributed by atoms with Crippen LogP contribution in [0.2, 0.25) is 10.2 Å². The Kier molecular flexibility index (Phi) is 3.26. The molecule has 0 amide bonds. The van der Waals surface area contributed by atoms with E-state index >= 15 is 0 Å². The lowest BCUT2D eigenvalue weighted by Crippen LogP contribution is -1.90. The van der Waals surface area contributed by atoms with Crippen molar-refractivity contribution in [3.63, 3.8) is 0 Å². The second-order valence-electron chi connectivity index (χ2n) is 1.93. The number of pyridine rings is 1. The highest BCUT2D eigenvalue weighted by Crippen LogP contribution is 2.35. The summed E-state index contributed by atoms with van der Waals surface area (Å²) in [5, 5.41) is 0.0161. The fourth-order valence-electron chi connectivity index (χ4n) is 0.609. The molecular formula is C6H2BrCl2F2N. The number of aromatic nitrogens is 1. The first-order valence-corrected chi connectivity index (χ1v) is 4.36. The summed E-state index contributed by atoms with van der Waals surface area (Å²) >= 11 is 13.9. The third-order valence-electron chi connectivity index (χ3n) is 1.18. The summed E-state index contributed by atoms with van der Waals surface area (Å²) in [5.41, 5.74) is -0.260. The predicted octanol–water partition coefficient (Wildman–Crippen LogP) is 4.09. The van der Waals surface area contributed by atoms with Crippen LogP contribution in [0.4, 0.5) is 8.78 Å². The van der Waals surface area contributed by atoms with Gasteiger partial charge in [-0.05, 0) is 15.9 Å². The Morgan fingerprint density at radius 1 is 1.42 bits per heavy atom. The van der Waals surface area contributed by atoms with Crippen LogP contribution in [0.1, 0.15) is 12.0 Å². The van der Waals surface area contributed by atoms with Crippen LogP contribution in [-0.4, -0.2) is 4.98 Å². The van der Waals surface area contributed by atoms with Crippen LogP contribution in [0.3, 0.4) is 0 Å². The molecule has 66 valence electrons. The topological polar surface area (TPSA) is 12.9 Å². The number of rotatable bonds is 1. The summed E-state index contributed by atoms with van der Waals surface area (Å²) in [4.78, 5) is 3.48. The highest BCUT2D eigenvalue weighted by atomic mass is 79.9. The van der Waals surface area contributed by atoms with Gasteiger partial charge in [-0.25, -0.2) is 13.8 Å². The zero-order valence-corrected chi connectivity index (χ0v) is 8.59. The standard InChI is InChI=1S/C6H2BrCl2F2N/c7-3-2(6(10)11)1-12-5(9)4(3)8/h1,6H. The molecule has 0 aliphatic heterocycles. The van der Waals surface area contributed by atoms with Crippen molar-refractivity contribution in [2.45, 2.75) is 6.43 Å². The summed E-state index contributed by atoms with van der Waals surface area (Å²) < 4.78 is 24.4. The molecule has 0 radical (unpaired) electrons. The van der Waals surface area contributed by atoms with Crippen LogP contribution in [-0.2, 0) is 0 Å². The first-order valence-electron chi connectivity index (χ1n) is 2.81. The summed E-state index contributed by atoms with van der Waals surface area (Å²) in [7, 11) is 0. The highest BCUT2D eigenvalue weighted by Gasteiger charge is 2.16. The van der Waals surface area contributed by atoms with Crippen molar-refractivity contribution in [1.82, 2.24) is 4.98 Å². The maximum Gasteiger partial charge on any atom is 0.266 e. The first-order chi connectivity index (χ1) is 5.54. The van der Waals surface area contributed by atoms with Crippen LogP contribution in [0.5, 0.6) is 0 Å². The number of hydrogen-bond acceptors (Lipinski definition) is 1. The molecule has 0 spiro atoms. The quantitative estimate of drug-likeness (QED) is 0.704. The van der Waals surface area contributed by atoms with Gasteiger partial charge in [0.15, 0.2) is 0 Å². The molecule has 1 nitrogen and oxygen atoms in total. The van der Waals surface area contributed by atoms with Crippen molar-refractivity contribution >= 4 is 39.1 Å². The number of alkyl halides is 2. The molecule has 1 heterocycles. The SMILES string of the molecule is FC(F)c1cnc(Cl)c(Cl)c1Br. The normalized spacial score (nSPS) is 10.8. The molecule has 12 heavy (non-hydrogen) atoms. The molecule has 1 aromatic rings. The largest absolute Gasteiger partial charge is 0.266 e. The molecule has 1 rings (SSSR count). The van der Waals surface area contributed by atoms with Crippen LogP contribution >= 0.6 is 39.1 Å². The van der Waals surface area contributed by atoms with E-state index in [1.807, 2.05) is 0 Å². The molecule has 0 unspecified atom stereocenters. The third-order valence-corrected chi connectivity index (χ3v) is 3.01. The van der Waals surface area contributed by atoms with E-state index in [4.69, 9.17) is 23.2 Å². The number of halogens is 5. The van der Waals surface area contributed by atoms with Crippen molar-refractivity contribution in [1.29, 1.82) is 0 Å². The van der Waals surface area contributed by atoms with Crippen molar-refractivity contribution in [3.05, 3.63) is 26.4 Å². The second kappa shape index (κ2) is 3.85. The van der Waals surface area contributed by atoms with Crippen molar-refractivity contribution < 1.29 is 8.78 Å². The van der Waals surface area contributed by atoms with Gasteiger partial charge in [-0.1, -0.05) is 23.2 Å². The summed E-state index contributed by atoms with van der Waals surface area (Å²) in [5.74, 6) is 0. The maximum absolute atomic E-state index is 12.2. The van der Waals surface area contributed by atoms with E-state index < -0.39 is 6.43 Å². The zero-order valence-electron chi connectivity index (χ0n) is 5.49. The smallest absolute Gasteiger partial charge is 0.242 e. The fourth-order valence-corrected chi connectivity index (χ4v) is 1.49. The van der Waals surface area contributed by atoms with Gasteiger partial charge < -0.3 is 0 Å². The maximum atomic E-state index is 12.2. The first kappa shape index (κ1) is 10.2.